The molecule has 0 aromatic heterocycles. The monoisotopic (exact) mass is 394 g/mol. The molecular weight excluding hydrogens is 372 g/mol. The minimum atomic E-state index is -3.13. The van der Waals surface area contributed by atoms with Crippen molar-refractivity contribution in [2.24, 2.45) is 0 Å². The van der Waals surface area contributed by atoms with Gasteiger partial charge >= 0.3 is 5.97 Å². The predicted molar refractivity (Wildman–Crippen MR) is 99.0 cm³/mol. The van der Waals surface area contributed by atoms with Crippen LogP contribution in [0, 0.1) is 0 Å². The van der Waals surface area contributed by atoms with Crippen LogP contribution in [0.5, 0.6) is 0 Å². The number of benzene rings is 1. The fourth-order valence-corrected chi connectivity index (χ4v) is 4.23. The summed E-state index contributed by atoms with van der Waals surface area (Å²) < 4.78 is 28.0. The number of ether oxygens (including phenoxy) is 1. The lowest BCUT2D eigenvalue weighted by molar-refractivity contribution is -0.152. The molecule has 27 heavy (non-hydrogen) atoms. The zero-order chi connectivity index (χ0) is 20.0. The number of esters is 1. The standard InChI is InChI=1S/C18H22N2O6S/c1-12(17(22)20-15-8-9-27(24,25)11-15)26-18(23)16(19-13(2)21)10-14-6-4-3-5-7-14/h3-7,10,12,15H,8-9,11H2,1-2H3,(H,19,21)(H,20,22)/b16-10-/t12-,15-/m0/s1. The quantitative estimate of drug-likeness (QED) is 0.532. The summed E-state index contributed by atoms with van der Waals surface area (Å²) in [6, 6.07) is 8.35. The molecule has 1 aromatic carbocycles. The average Bonchev–Trinajstić information content (AvgIpc) is 2.93. The van der Waals surface area contributed by atoms with Crippen molar-refractivity contribution in [3.8, 4) is 0 Å². The van der Waals surface area contributed by atoms with Crippen LogP contribution < -0.4 is 10.6 Å². The Kier molecular flexibility index (Phi) is 6.73. The summed E-state index contributed by atoms with van der Waals surface area (Å²) in [5, 5.41) is 4.96. The smallest absolute Gasteiger partial charge is 0.355 e. The molecule has 0 radical (unpaired) electrons. The van der Waals surface area contributed by atoms with Gasteiger partial charge in [0.05, 0.1) is 11.5 Å². The van der Waals surface area contributed by atoms with E-state index < -0.39 is 39.8 Å². The highest BCUT2D eigenvalue weighted by Crippen LogP contribution is 2.12. The molecule has 2 rings (SSSR count). The molecule has 1 saturated heterocycles. The second kappa shape index (κ2) is 8.81. The van der Waals surface area contributed by atoms with E-state index in [0.29, 0.717) is 12.0 Å². The maximum Gasteiger partial charge on any atom is 0.355 e. The van der Waals surface area contributed by atoms with E-state index >= 15 is 0 Å². The number of sulfone groups is 1. The third-order valence-electron chi connectivity index (χ3n) is 3.87. The Morgan fingerprint density at radius 3 is 2.44 bits per heavy atom. The molecule has 2 atom stereocenters. The zero-order valence-electron chi connectivity index (χ0n) is 15.1. The molecule has 9 heteroatoms. The molecule has 0 unspecified atom stereocenters. The first-order valence-corrected chi connectivity index (χ1v) is 10.2. The number of hydrogen-bond acceptors (Lipinski definition) is 6. The summed E-state index contributed by atoms with van der Waals surface area (Å²) >= 11 is 0. The van der Waals surface area contributed by atoms with Gasteiger partial charge in [-0.1, -0.05) is 30.3 Å². The molecule has 1 aliphatic heterocycles. The van der Waals surface area contributed by atoms with E-state index in [9.17, 15) is 22.8 Å². The summed E-state index contributed by atoms with van der Waals surface area (Å²) in [5.41, 5.74) is 0.572. The molecule has 2 N–H and O–H groups in total. The molecule has 146 valence electrons. The number of carbonyl (C=O) groups is 3. The Morgan fingerprint density at radius 1 is 1.22 bits per heavy atom. The van der Waals surface area contributed by atoms with E-state index in [-0.39, 0.29) is 17.2 Å². The van der Waals surface area contributed by atoms with E-state index in [4.69, 9.17) is 4.74 Å². The molecular formula is C18H22N2O6S. The van der Waals surface area contributed by atoms with Crippen LogP contribution in [0.15, 0.2) is 36.0 Å². The van der Waals surface area contributed by atoms with E-state index in [1.54, 1.807) is 24.3 Å². The van der Waals surface area contributed by atoms with Crippen LogP contribution in [0.2, 0.25) is 0 Å². The average molecular weight is 394 g/mol. The molecule has 1 aromatic rings. The Bertz CT molecular complexity index is 848. The third kappa shape index (κ3) is 6.52. The zero-order valence-corrected chi connectivity index (χ0v) is 15.9. The Balaban J connectivity index is 2.02. The predicted octanol–water partition coefficient (Wildman–Crippen LogP) is 0.399. The molecule has 0 bridgehead atoms. The Hall–Kier alpha value is -2.68. The third-order valence-corrected chi connectivity index (χ3v) is 5.64. The van der Waals surface area contributed by atoms with Crippen molar-refractivity contribution >= 4 is 33.7 Å². The van der Waals surface area contributed by atoms with Crippen molar-refractivity contribution in [1.82, 2.24) is 10.6 Å². The fourth-order valence-electron chi connectivity index (χ4n) is 2.56. The number of hydrogen-bond donors (Lipinski definition) is 2. The van der Waals surface area contributed by atoms with Crippen molar-refractivity contribution < 1.29 is 27.5 Å². The van der Waals surface area contributed by atoms with Crippen LogP contribution in [0.25, 0.3) is 6.08 Å². The first kappa shape index (κ1) is 20.6. The Morgan fingerprint density at radius 2 is 1.89 bits per heavy atom. The lowest BCUT2D eigenvalue weighted by atomic mass is 10.2. The second-order valence-electron chi connectivity index (χ2n) is 6.31. The van der Waals surface area contributed by atoms with Gasteiger partial charge in [-0.3, -0.25) is 9.59 Å². The number of carbonyl (C=O) groups excluding carboxylic acids is 3. The van der Waals surface area contributed by atoms with Crippen molar-refractivity contribution in [2.45, 2.75) is 32.4 Å². The number of amides is 2. The summed E-state index contributed by atoms with van der Waals surface area (Å²) in [6.45, 7) is 2.63. The van der Waals surface area contributed by atoms with Gasteiger partial charge in [0.25, 0.3) is 5.91 Å². The SMILES string of the molecule is CC(=O)N/C(=C\c1ccccc1)C(=O)O[C@@H](C)C(=O)N[C@H]1CCS(=O)(=O)C1. The number of nitrogens with one attached hydrogen (secondary N) is 2. The summed E-state index contributed by atoms with van der Waals surface area (Å²) in [7, 11) is -3.13. The highest BCUT2D eigenvalue weighted by molar-refractivity contribution is 7.91. The highest BCUT2D eigenvalue weighted by Gasteiger charge is 2.31. The summed E-state index contributed by atoms with van der Waals surface area (Å²) in [4.78, 5) is 35.9. The molecule has 0 saturated carbocycles. The molecule has 1 heterocycles. The van der Waals surface area contributed by atoms with Gasteiger partial charge < -0.3 is 15.4 Å². The maximum absolute atomic E-state index is 12.4. The largest absolute Gasteiger partial charge is 0.448 e. The van der Waals surface area contributed by atoms with Crippen LogP contribution in [-0.2, 0) is 29.0 Å². The van der Waals surface area contributed by atoms with Crippen LogP contribution in [0.1, 0.15) is 25.8 Å². The molecule has 0 spiro atoms. The van der Waals surface area contributed by atoms with E-state index in [2.05, 4.69) is 10.6 Å². The van der Waals surface area contributed by atoms with Crippen LogP contribution in [0.4, 0.5) is 0 Å². The van der Waals surface area contributed by atoms with Gasteiger partial charge in [-0.15, -0.1) is 0 Å². The Labute approximate surface area is 157 Å². The maximum atomic E-state index is 12.4. The van der Waals surface area contributed by atoms with Crippen molar-refractivity contribution in [3.63, 3.8) is 0 Å². The van der Waals surface area contributed by atoms with Crippen molar-refractivity contribution in [2.75, 3.05) is 11.5 Å². The van der Waals surface area contributed by atoms with Gasteiger partial charge in [0.2, 0.25) is 5.91 Å². The lowest BCUT2D eigenvalue weighted by Gasteiger charge is -2.17. The van der Waals surface area contributed by atoms with Crippen LogP contribution >= 0.6 is 0 Å². The molecule has 0 aliphatic carbocycles. The first-order chi connectivity index (χ1) is 12.7. The summed E-state index contributed by atoms with van der Waals surface area (Å²) in [5.74, 6) is -2.01. The normalized spacial score (nSPS) is 19.8. The van der Waals surface area contributed by atoms with Gasteiger partial charge in [0, 0.05) is 13.0 Å². The minimum absolute atomic E-state index is 0.0264. The second-order valence-corrected chi connectivity index (χ2v) is 8.53. The van der Waals surface area contributed by atoms with Gasteiger partial charge in [0.1, 0.15) is 5.70 Å². The van der Waals surface area contributed by atoms with Gasteiger partial charge in [-0.05, 0) is 25.0 Å². The number of rotatable bonds is 6. The molecule has 1 fully saturated rings. The molecule has 2 amide bonds. The van der Waals surface area contributed by atoms with Crippen molar-refractivity contribution in [3.05, 3.63) is 41.6 Å². The van der Waals surface area contributed by atoms with Gasteiger partial charge in [0.15, 0.2) is 15.9 Å². The minimum Gasteiger partial charge on any atom is -0.448 e. The molecule has 8 nitrogen and oxygen atoms in total. The van der Waals surface area contributed by atoms with Crippen molar-refractivity contribution in [1.29, 1.82) is 0 Å². The van der Waals surface area contributed by atoms with Gasteiger partial charge in [-0.25, -0.2) is 13.2 Å². The van der Waals surface area contributed by atoms with E-state index in [1.807, 2.05) is 6.07 Å². The fraction of sp³-hybridized carbons (Fsp3) is 0.389. The highest BCUT2D eigenvalue weighted by atomic mass is 32.2. The van der Waals surface area contributed by atoms with E-state index in [1.165, 1.54) is 19.9 Å². The van der Waals surface area contributed by atoms with Crippen LogP contribution in [-0.4, -0.2) is 49.9 Å². The summed E-state index contributed by atoms with van der Waals surface area (Å²) in [6.07, 6.45) is 0.631. The van der Waals surface area contributed by atoms with E-state index in [0.717, 1.165) is 0 Å². The molecule has 1 aliphatic rings. The first-order valence-electron chi connectivity index (χ1n) is 8.42. The van der Waals surface area contributed by atoms with Crippen LogP contribution in [0.3, 0.4) is 0 Å². The van der Waals surface area contributed by atoms with Gasteiger partial charge in [-0.2, -0.15) is 0 Å². The topological polar surface area (TPSA) is 119 Å². The lowest BCUT2D eigenvalue weighted by Crippen LogP contribution is -2.43.